The van der Waals surface area contributed by atoms with Crippen LogP contribution in [0.25, 0.3) is 0 Å². The van der Waals surface area contributed by atoms with Gasteiger partial charge in [-0.15, -0.1) is 0 Å². The van der Waals surface area contributed by atoms with E-state index in [-0.39, 0.29) is 18.0 Å². The average molecular weight is 339 g/mol. The predicted octanol–water partition coefficient (Wildman–Crippen LogP) is 2.55. The Bertz CT molecular complexity index is 845. The van der Waals surface area contributed by atoms with Crippen molar-refractivity contribution in [2.75, 3.05) is 25.5 Å². The van der Waals surface area contributed by atoms with Gasteiger partial charge in [-0.3, -0.25) is 4.79 Å². The van der Waals surface area contributed by atoms with Crippen molar-refractivity contribution in [1.29, 1.82) is 5.26 Å². The maximum atomic E-state index is 14.3. The first-order chi connectivity index (χ1) is 12.0. The van der Waals surface area contributed by atoms with E-state index in [0.717, 1.165) is 5.69 Å². The summed E-state index contributed by atoms with van der Waals surface area (Å²) in [6, 6.07) is 13.7. The molecule has 1 heterocycles. The number of carbonyl (C=O) groups excluding carboxylic acids is 1. The molecule has 0 fully saturated rings. The third-order valence-electron chi connectivity index (χ3n) is 4.12. The predicted molar refractivity (Wildman–Crippen MR) is 91.7 cm³/mol. The van der Waals surface area contributed by atoms with Gasteiger partial charge in [0.2, 0.25) is 0 Å². The zero-order chi connectivity index (χ0) is 18.0. The first-order valence-electron chi connectivity index (χ1n) is 7.90. The number of halogens is 1. The van der Waals surface area contributed by atoms with Crippen molar-refractivity contribution in [3.05, 3.63) is 59.4 Å². The largest absolute Gasteiger partial charge is 0.477 e. The van der Waals surface area contributed by atoms with E-state index in [1.807, 2.05) is 29.2 Å². The number of para-hydroxylation sites is 2. The summed E-state index contributed by atoms with van der Waals surface area (Å²) >= 11 is 0. The van der Waals surface area contributed by atoms with Gasteiger partial charge < -0.3 is 14.5 Å². The lowest BCUT2D eigenvalue weighted by molar-refractivity contribution is -0.136. The highest BCUT2D eigenvalue weighted by molar-refractivity contribution is 5.83. The van der Waals surface area contributed by atoms with Crippen LogP contribution in [0.15, 0.2) is 42.5 Å². The molecule has 2 aromatic carbocycles. The Hall–Kier alpha value is -3.07. The van der Waals surface area contributed by atoms with Crippen molar-refractivity contribution in [3.63, 3.8) is 0 Å². The summed E-state index contributed by atoms with van der Waals surface area (Å²) in [4.78, 5) is 15.7. The van der Waals surface area contributed by atoms with Gasteiger partial charge in [0.05, 0.1) is 23.9 Å². The minimum Gasteiger partial charge on any atom is -0.477 e. The molecule has 0 saturated carbocycles. The second-order valence-corrected chi connectivity index (χ2v) is 6.11. The molecule has 1 amide bonds. The lowest BCUT2D eigenvalue weighted by Crippen LogP contribution is -2.48. The molecule has 5 nitrogen and oxygen atoms in total. The van der Waals surface area contributed by atoms with Crippen molar-refractivity contribution >= 4 is 11.6 Å². The standard InChI is InChI=1S/C19H18FN3O2/c1-22(2)19(24)18-12-23(16-5-3-4-6-17(16)25-18)11-14-8-7-13(10-21)9-15(14)20/h3-9,18H,11-12H2,1-2H3. The molecule has 0 radical (unpaired) electrons. The van der Waals surface area contributed by atoms with Gasteiger partial charge in [0.25, 0.3) is 5.91 Å². The molecule has 1 unspecified atom stereocenters. The number of nitriles is 1. The fourth-order valence-electron chi connectivity index (χ4n) is 2.82. The number of rotatable bonds is 3. The summed E-state index contributed by atoms with van der Waals surface area (Å²) in [7, 11) is 3.35. The fourth-order valence-corrected chi connectivity index (χ4v) is 2.82. The number of fused-ring (bicyclic) bond motifs is 1. The highest BCUT2D eigenvalue weighted by Crippen LogP contribution is 2.34. The minimum atomic E-state index is -0.647. The van der Waals surface area contributed by atoms with Crippen LogP contribution < -0.4 is 9.64 Å². The first kappa shape index (κ1) is 16.8. The van der Waals surface area contributed by atoms with Gasteiger partial charge >= 0.3 is 0 Å². The quantitative estimate of drug-likeness (QED) is 0.862. The second kappa shape index (κ2) is 6.81. The van der Waals surface area contributed by atoms with Gasteiger partial charge in [-0.05, 0) is 24.3 Å². The summed E-state index contributed by atoms with van der Waals surface area (Å²) in [6.07, 6.45) is -0.647. The van der Waals surface area contributed by atoms with Crippen LogP contribution in [0.1, 0.15) is 11.1 Å². The van der Waals surface area contributed by atoms with E-state index in [0.29, 0.717) is 17.9 Å². The van der Waals surface area contributed by atoms with E-state index in [9.17, 15) is 9.18 Å². The Kier molecular flexibility index (Phi) is 4.57. The van der Waals surface area contributed by atoms with Gasteiger partial charge in [-0.2, -0.15) is 5.26 Å². The molecule has 128 valence electrons. The van der Waals surface area contributed by atoms with Crippen LogP contribution >= 0.6 is 0 Å². The van der Waals surface area contributed by atoms with E-state index in [2.05, 4.69) is 0 Å². The van der Waals surface area contributed by atoms with Crippen LogP contribution in [0.5, 0.6) is 5.75 Å². The molecule has 6 heteroatoms. The smallest absolute Gasteiger partial charge is 0.265 e. The Morgan fingerprint density at radius 1 is 1.36 bits per heavy atom. The molecule has 1 aliphatic rings. The number of benzene rings is 2. The van der Waals surface area contributed by atoms with Crippen LogP contribution in [0.2, 0.25) is 0 Å². The molecular formula is C19H18FN3O2. The number of likely N-dealkylation sites (N-methyl/N-ethyl adjacent to an activating group) is 1. The minimum absolute atomic E-state index is 0.139. The molecule has 1 aliphatic heterocycles. The monoisotopic (exact) mass is 339 g/mol. The van der Waals surface area contributed by atoms with Crippen molar-refractivity contribution in [3.8, 4) is 11.8 Å². The summed E-state index contributed by atoms with van der Waals surface area (Å²) in [5.41, 5.74) is 1.56. The topological polar surface area (TPSA) is 56.6 Å². The van der Waals surface area contributed by atoms with E-state index in [1.165, 1.54) is 11.0 Å². The van der Waals surface area contributed by atoms with Crippen LogP contribution in [0.4, 0.5) is 10.1 Å². The molecule has 2 aromatic rings. The molecule has 25 heavy (non-hydrogen) atoms. The lowest BCUT2D eigenvalue weighted by atomic mass is 10.1. The van der Waals surface area contributed by atoms with Gasteiger partial charge in [-0.1, -0.05) is 18.2 Å². The molecule has 3 rings (SSSR count). The van der Waals surface area contributed by atoms with Crippen molar-refractivity contribution in [2.45, 2.75) is 12.6 Å². The van der Waals surface area contributed by atoms with E-state index in [4.69, 9.17) is 10.00 Å². The van der Waals surface area contributed by atoms with Crippen LogP contribution in [-0.4, -0.2) is 37.6 Å². The molecule has 0 bridgehead atoms. The fraction of sp³-hybridized carbons (Fsp3) is 0.263. The van der Waals surface area contributed by atoms with Gasteiger partial charge in [0.1, 0.15) is 11.6 Å². The van der Waals surface area contributed by atoms with Crippen LogP contribution in [0, 0.1) is 17.1 Å². The maximum Gasteiger partial charge on any atom is 0.265 e. The first-order valence-corrected chi connectivity index (χ1v) is 7.90. The van der Waals surface area contributed by atoms with E-state index < -0.39 is 11.9 Å². The molecule has 0 aromatic heterocycles. The normalized spacial score (nSPS) is 15.8. The summed E-state index contributed by atoms with van der Waals surface area (Å²) in [5.74, 6) is 0.0290. The Balaban J connectivity index is 1.91. The zero-order valence-electron chi connectivity index (χ0n) is 14.1. The Labute approximate surface area is 145 Å². The van der Waals surface area contributed by atoms with Gasteiger partial charge in [-0.25, -0.2) is 4.39 Å². The number of hydrogen-bond donors (Lipinski definition) is 0. The second-order valence-electron chi connectivity index (χ2n) is 6.11. The van der Waals surface area contributed by atoms with Gasteiger partial charge in [0.15, 0.2) is 6.10 Å². The van der Waals surface area contributed by atoms with Crippen molar-refractivity contribution < 1.29 is 13.9 Å². The SMILES string of the molecule is CN(C)C(=O)C1CN(Cc2ccc(C#N)cc2F)c2ccccc2O1. The molecule has 0 aliphatic carbocycles. The number of amides is 1. The maximum absolute atomic E-state index is 14.3. The molecule has 1 atom stereocenters. The molecular weight excluding hydrogens is 321 g/mol. The average Bonchev–Trinajstić information content (AvgIpc) is 2.62. The molecule has 0 saturated heterocycles. The highest BCUT2D eigenvalue weighted by Gasteiger charge is 2.31. The molecule has 0 spiro atoms. The van der Waals surface area contributed by atoms with Crippen LogP contribution in [0.3, 0.4) is 0 Å². The van der Waals surface area contributed by atoms with Crippen LogP contribution in [-0.2, 0) is 11.3 Å². The van der Waals surface area contributed by atoms with Crippen molar-refractivity contribution in [1.82, 2.24) is 4.90 Å². The zero-order valence-corrected chi connectivity index (χ0v) is 14.1. The summed E-state index contributed by atoms with van der Waals surface area (Å²) in [6.45, 7) is 0.614. The number of nitrogens with zero attached hydrogens (tertiary/aromatic N) is 3. The number of anilines is 1. The number of ether oxygens (including phenoxy) is 1. The number of hydrogen-bond acceptors (Lipinski definition) is 4. The summed E-state index contributed by atoms with van der Waals surface area (Å²) in [5, 5.41) is 8.87. The van der Waals surface area contributed by atoms with E-state index in [1.54, 1.807) is 32.3 Å². The highest BCUT2D eigenvalue weighted by atomic mass is 19.1. The number of carbonyl (C=O) groups is 1. The Morgan fingerprint density at radius 2 is 2.12 bits per heavy atom. The Morgan fingerprint density at radius 3 is 2.80 bits per heavy atom. The van der Waals surface area contributed by atoms with Gasteiger partial charge in [0, 0.05) is 26.2 Å². The van der Waals surface area contributed by atoms with Crippen molar-refractivity contribution in [2.24, 2.45) is 0 Å². The lowest BCUT2D eigenvalue weighted by Gasteiger charge is -2.36. The summed E-state index contributed by atoms with van der Waals surface area (Å²) < 4.78 is 20.1. The third-order valence-corrected chi connectivity index (χ3v) is 4.12. The molecule has 0 N–H and O–H groups in total. The third kappa shape index (κ3) is 3.41. The van der Waals surface area contributed by atoms with E-state index >= 15 is 0 Å².